The largest absolute Gasteiger partial charge is 0.489 e. The van der Waals surface area contributed by atoms with Crippen LogP contribution >= 0.6 is 0 Å². The number of nitrogens with one attached hydrogen (secondary N) is 1. The highest BCUT2D eigenvalue weighted by atomic mass is 16.5. The monoisotopic (exact) mass is 440 g/mol. The summed E-state index contributed by atoms with van der Waals surface area (Å²) in [6.07, 6.45) is 0.164. The molecule has 1 N–H and O–H groups in total. The van der Waals surface area contributed by atoms with Gasteiger partial charge in [0, 0.05) is 17.2 Å². The summed E-state index contributed by atoms with van der Waals surface area (Å²) in [7, 11) is 0. The first-order valence-corrected chi connectivity index (χ1v) is 11.0. The number of carbonyl (C=O) groups is 1. The number of ether oxygens (including phenoxy) is 1. The minimum absolute atomic E-state index is 0.137. The molecule has 5 nitrogen and oxygen atoms in total. The fourth-order valence-electron chi connectivity index (χ4n) is 3.34. The molecule has 0 saturated heterocycles. The first-order valence-electron chi connectivity index (χ1n) is 11.0. The zero-order valence-electron chi connectivity index (χ0n) is 19.2. The fourth-order valence-corrected chi connectivity index (χ4v) is 3.34. The van der Waals surface area contributed by atoms with Gasteiger partial charge in [-0.05, 0) is 41.0 Å². The van der Waals surface area contributed by atoms with Gasteiger partial charge in [0.25, 0.3) is 0 Å². The van der Waals surface area contributed by atoms with Crippen LogP contribution in [0.25, 0.3) is 11.1 Å². The van der Waals surface area contributed by atoms with E-state index in [0.717, 1.165) is 17.1 Å². The highest BCUT2D eigenvalue weighted by Gasteiger charge is 2.20. The smallest absolute Gasteiger partial charge is 0.230 e. The standard InChI is InChI=1S/C28H28N2O3/c1-28(2,3)26-17-24(30-33-26)18-27(31)29-23-13-15-25(16-14-23)32-19-20-9-11-22(12-10-20)21-7-5-4-6-8-21/h4-17H,18-19H2,1-3H3,(H,29,31). The van der Waals surface area contributed by atoms with Crippen molar-refractivity contribution >= 4 is 11.6 Å². The lowest BCUT2D eigenvalue weighted by Gasteiger charge is -2.12. The molecule has 4 aromatic rings. The number of rotatable bonds is 7. The number of anilines is 1. The summed E-state index contributed by atoms with van der Waals surface area (Å²) in [6.45, 7) is 6.60. The summed E-state index contributed by atoms with van der Waals surface area (Å²) in [5.41, 5.74) is 4.66. The number of amides is 1. The molecular formula is C28H28N2O3. The van der Waals surface area contributed by atoms with Crippen molar-refractivity contribution < 1.29 is 14.1 Å². The third-order valence-corrected chi connectivity index (χ3v) is 5.24. The van der Waals surface area contributed by atoms with Crippen LogP contribution in [0.15, 0.2) is 89.5 Å². The van der Waals surface area contributed by atoms with Gasteiger partial charge in [-0.3, -0.25) is 4.79 Å². The molecule has 1 aromatic heterocycles. The van der Waals surface area contributed by atoms with Crippen molar-refractivity contribution in [2.24, 2.45) is 0 Å². The highest BCUT2D eigenvalue weighted by Crippen LogP contribution is 2.23. The molecule has 0 fully saturated rings. The van der Waals surface area contributed by atoms with Gasteiger partial charge in [0.05, 0.1) is 12.1 Å². The zero-order valence-corrected chi connectivity index (χ0v) is 19.2. The maximum atomic E-state index is 12.3. The second-order valence-electron chi connectivity index (χ2n) is 9.03. The second-order valence-corrected chi connectivity index (χ2v) is 9.03. The lowest BCUT2D eigenvalue weighted by Crippen LogP contribution is -2.14. The van der Waals surface area contributed by atoms with Crippen molar-refractivity contribution in [1.82, 2.24) is 5.16 Å². The van der Waals surface area contributed by atoms with Gasteiger partial charge >= 0.3 is 0 Å². The van der Waals surface area contributed by atoms with Crippen molar-refractivity contribution in [1.29, 1.82) is 0 Å². The Morgan fingerprint density at radius 1 is 0.909 bits per heavy atom. The van der Waals surface area contributed by atoms with E-state index in [9.17, 15) is 4.79 Å². The third-order valence-electron chi connectivity index (χ3n) is 5.24. The summed E-state index contributed by atoms with van der Waals surface area (Å²) in [5, 5.41) is 6.88. The number of aromatic nitrogens is 1. The first kappa shape index (κ1) is 22.3. The van der Waals surface area contributed by atoms with E-state index in [4.69, 9.17) is 9.26 Å². The molecule has 0 unspecified atom stereocenters. The van der Waals surface area contributed by atoms with Gasteiger partial charge in [0.2, 0.25) is 5.91 Å². The summed E-state index contributed by atoms with van der Waals surface area (Å²) in [5.74, 6) is 1.36. The van der Waals surface area contributed by atoms with Crippen molar-refractivity contribution in [2.75, 3.05) is 5.32 Å². The summed E-state index contributed by atoms with van der Waals surface area (Å²) in [4.78, 5) is 12.3. The van der Waals surface area contributed by atoms with Gasteiger partial charge in [0.1, 0.15) is 18.1 Å². The van der Waals surface area contributed by atoms with Crippen LogP contribution in [-0.4, -0.2) is 11.1 Å². The molecule has 0 aliphatic rings. The first-order chi connectivity index (χ1) is 15.9. The lowest BCUT2D eigenvalue weighted by atomic mass is 9.93. The maximum absolute atomic E-state index is 12.3. The minimum atomic E-state index is -0.143. The molecule has 0 spiro atoms. The molecular weight excluding hydrogens is 412 g/mol. The van der Waals surface area contributed by atoms with Gasteiger partial charge in [-0.15, -0.1) is 0 Å². The molecule has 4 rings (SSSR count). The number of nitrogens with zero attached hydrogens (tertiary/aromatic N) is 1. The van der Waals surface area contributed by atoms with E-state index >= 15 is 0 Å². The topological polar surface area (TPSA) is 64.4 Å². The molecule has 1 heterocycles. The Hall–Kier alpha value is -3.86. The Balaban J connectivity index is 1.27. The lowest BCUT2D eigenvalue weighted by molar-refractivity contribution is -0.115. The van der Waals surface area contributed by atoms with Gasteiger partial charge in [-0.1, -0.05) is 80.5 Å². The Morgan fingerprint density at radius 3 is 2.21 bits per heavy atom. The molecule has 0 bridgehead atoms. The van der Waals surface area contributed by atoms with Crippen LogP contribution < -0.4 is 10.1 Å². The van der Waals surface area contributed by atoms with Gasteiger partial charge < -0.3 is 14.6 Å². The highest BCUT2D eigenvalue weighted by molar-refractivity contribution is 5.92. The molecule has 0 radical (unpaired) electrons. The van der Waals surface area contributed by atoms with Gasteiger partial charge in [-0.25, -0.2) is 0 Å². The summed E-state index contributed by atoms with van der Waals surface area (Å²) in [6, 6.07) is 27.8. The van der Waals surface area contributed by atoms with Crippen LogP contribution in [0, 0.1) is 0 Å². The van der Waals surface area contributed by atoms with E-state index in [1.807, 2.05) is 69.3 Å². The Kier molecular flexibility index (Phi) is 6.59. The number of hydrogen-bond acceptors (Lipinski definition) is 4. The summed E-state index contributed by atoms with van der Waals surface area (Å²) < 4.78 is 11.2. The van der Waals surface area contributed by atoms with E-state index in [1.165, 1.54) is 11.1 Å². The number of hydrogen-bond donors (Lipinski definition) is 1. The predicted octanol–water partition coefficient (Wildman–Crippen LogP) is 6.40. The third kappa shape index (κ3) is 6.10. The van der Waals surface area contributed by atoms with E-state index in [2.05, 4.69) is 46.9 Å². The van der Waals surface area contributed by atoms with Crippen LogP contribution in [0.1, 0.15) is 37.8 Å². The Labute approximate surface area is 194 Å². The molecule has 33 heavy (non-hydrogen) atoms. The van der Waals surface area contributed by atoms with Crippen LogP contribution in [0.5, 0.6) is 5.75 Å². The van der Waals surface area contributed by atoms with Gasteiger partial charge in [-0.2, -0.15) is 0 Å². The molecule has 0 aliphatic carbocycles. The van der Waals surface area contributed by atoms with E-state index in [-0.39, 0.29) is 17.7 Å². The van der Waals surface area contributed by atoms with Crippen LogP contribution in [0.3, 0.4) is 0 Å². The Morgan fingerprint density at radius 2 is 1.58 bits per heavy atom. The molecule has 5 heteroatoms. The molecule has 0 aliphatic heterocycles. The van der Waals surface area contributed by atoms with E-state index < -0.39 is 0 Å². The SMILES string of the molecule is CC(C)(C)c1cc(CC(=O)Nc2ccc(OCc3ccc(-c4ccccc4)cc3)cc2)no1. The maximum Gasteiger partial charge on any atom is 0.230 e. The average molecular weight is 441 g/mol. The van der Waals surface area contributed by atoms with Crippen LogP contribution in [-0.2, 0) is 23.2 Å². The molecule has 0 saturated carbocycles. The molecule has 3 aromatic carbocycles. The molecule has 168 valence electrons. The number of carbonyl (C=O) groups excluding carboxylic acids is 1. The predicted molar refractivity (Wildman–Crippen MR) is 130 cm³/mol. The van der Waals surface area contributed by atoms with Crippen molar-refractivity contribution in [3.8, 4) is 16.9 Å². The quantitative estimate of drug-likeness (QED) is 0.361. The number of benzene rings is 3. The van der Waals surface area contributed by atoms with E-state index in [0.29, 0.717) is 18.0 Å². The molecule has 1 amide bonds. The zero-order chi connectivity index (χ0) is 23.3. The van der Waals surface area contributed by atoms with Crippen LogP contribution in [0.2, 0.25) is 0 Å². The minimum Gasteiger partial charge on any atom is -0.489 e. The average Bonchev–Trinajstić information content (AvgIpc) is 3.28. The van der Waals surface area contributed by atoms with E-state index in [1.54, 1.807) is 0 Å². The summed E-state index contributed by atoms with van der Waals surface area (Å²) >= 11 is 0. The van der Waals surface area contributed by atoms with Crippen molar-refractivity contribution in [3.63, 3.8) is 0 Å². The second kappa shape index (κ2) is 9.74. The van der Waals surface area contributed by atoms with Crippen molar-refractivity contribution in [2.45, 2.75) is 39.2 Å². The fraction of sp³-hybridized carbons (Fsp3) is 0.214. The van der Waals surface area contributed by atoms with Crippen LogP contribution in [0.4, 0.5) is 5.69 Å². The Bertz CT molecular complexity index is 1190. The van der Waals surface area contributed by atoms with Crippen molar-refractivity contribution in [3.05, 3.63) is 102 Å². The molecule has 0 atom stereocenters. The normalized spacial score (nSPS) is 11.2. The van der Waals surface area contributed by atoms with Gasteiger partial charge in [0.15, 0.2) is 0 Å².